The van der Waals surface area contributed by atoms with Crippen LogP contribution in [0.5, 0.6) is 0 Å². The first-order valence-corrected chi connectivity index (χ1v) is 6.29. The van der Waals surface area contributed by atoms with Crippen LogP contribution < -0.4 is 5.73 Å². The molecule has 2 nitrogen and oxygen atoms in total. The Morgan fingerprint density at radius 1 is 1.17 bits per heavy atom. The van der Waals surface area contributed by atoms with Gasteiger partial charge in [-0.25, -0.2) is 8.78 Å². The van der Waals surface area contributed by atoms with E-state index in [0.717, 1.165) is 25.7 Å². The molecule has 0 aromatic heterocycles. The normalized spacial score (nSPS) is 23.9. The van der Waals surface area contributed by atoms with E-state index in [1.807, 2.05) is 0 Å². The molecule has 18 heavy (non-hydrogen) atoms. The van der Waals surface area contributed by atoms with E-state index in [1.54, 1.807) is 0 Å². The van der Waals surface area contributed by atoms with E-state index < -0.39 is 11.6 Å². The zero-order valence-corrected chi connectivity index (χ0v) is 10.2. The summed E-state index contributed by atoms with van der Waals surface area (Å²) in [5.41, 5.74) is 5.65. The molecule has 2 rings (SSSR count). The van der Waals surface area contributed by atoms with Crippen molar-refractivity contribution < 1.29 is 13.6 Å². The molecular formula is C14H17F2NO. The van der Waals surface area contributed by atoms with E-state index in [0.29, 0.717) is 0 Å². The number of nitrogens with two attached hydrogens (primary N) is 1. The van der Waals surface area contributed by atoms with Gasteiger partial charge in [-0.05, 0) is 37.8 Å². The fourth-order valence-corrected chi connectivity index (χ4v) is 2.46. The zero-order chi connectivity index (χ0) is 13.1. The Bertz CT molecular complexity index is 419. The van der Waals surface area contributed by atoms with Crippen LogP contribution in [0.4, 0.5) is 8.78 Å². The molecule has 1 saturated carbocycles. The second-order valence-electron chi connectivity index (χ2n) is 4.96. The largest absolute Gasteiger partial charge is 0.328 e. The number of hydrogen-bond acceptors (Lipinski definition) is 2. The topological polar surface area (TPSA) is 43.1 Å². The van der Waals surface area contributed by atoms with Crippen molar-refractivity contribution in [3.05, 3.63) is 35.4 Å². The summed E-state index contributed by atoms with van der Waals surface area (Å²) in [6.45, 7) is 0. The minimum atomic E-state index is -0.643. The maximum atomic E-state index is 13.4. The Balaban J connectivity index is 2.03. The van der Waals surface area contributed by atoms with E-state index in [2.05, 4.69) is 0 Å². The lowest BCUT2D eigenvalue weighted by atomic mass is 9.82. The molecule has 1 aromatic rings. The number of benzene rings is 1. The minimum absolute atomic E-state index is 0.0779. The first-order chi connectivity index (χ1) is 8.58. The molecule has 4 heteroatoms. The third kappa shape index (κ3) is 2.93. The van der Waals surface area contributed by atoms with Gasteiger partial charge < -0.3 is 5.73 Å². The number of Topliss-reactive ketones (excluding diaryl/α,β-unsaturated/α-hetero) is 1. The predicted molar refractivity (Wildman–Crippen MR) is 65.0 cm³/mol. The average Bonchev–Trinajstić information content (AvgIpc) is 2.34. The predicted octanol–water partition coefficient (Wildman–Crippen LogP) is 2.59. The van der Waals surface area contributed by atoms with Crippen LogP contribution in [0.25, 0.3) is 0 Å². The third-order valence-electron chi connectivity index (χ3n) is 3.64. The van der Waals surface area contributed by atoms with E-state index in [-0.39, 0.29) is 29.7 Å². The summed E-state index contributed by atoms with van der Waals surface area (Å²) in [5.74, 6) is -1.46. The van der Waals surface area contributed by atoms with Gasteiger partial charge in [0.25, 0.3) is 0 Å². The molecule has 1 fully saturated rings. The summed E-state index contributed by atoms with van der Waals surface area (Å²) >= 11 is 0. The van der Waals surface area contributed by atoms with Crippen molar-refractivity contribution in [3.63, 3.8) is 0 Å². The van der Waals surface area contributed by atoms with E-state index >= 15 is 0 Å². The lowest BCUT2D eigenvalue weighted by Gasteiger charge is -2.25. The first kappa shape index (κ1) is 13.1. The van der Waals surface area contributed by atoms with E-state index in [9.17, 15) is 13.6 Å². The standard InChI is InChI=1S/C14H17F2NO/c15-12-2-1-3-13(16)11(12)8-14(18)9-4-6-10(17)7-5-9/h1-3,9-10H,4-8,17H2. The van der Waals surface area contributed by atoms with Crippen molar-refractivity contribution in [2.45, 2.75) is 38.1 Å². The van der Waals surface area contributed by atoms with Crippen LogP contribution in [-0.2, 0) is 11.2 Å². The maximum absolute atomic E-state index is 13.4. The molecule has 1 aromatic carbocycles. The summed E-state index contributed by atoms with van der Waals surface area (Å²) in [4.78, 5) is 12.0. The van der Waals surface area contributed by atoms with Crippen molar-refractivity contribution in [3.8, 4) is 0 Å². The SMILES string of the molecule is NC1CCC(C(=O)Cc2c(F)cccc2F)CC1. The van der Waals surface area contributed by atoms with Gasteiger partial charge in [0.15, 0.2) is 0 Å². The third-order valence-corrected chi connectivity index (χ3v) is 3.64. The quantitative estimate of drug-likeness (QED) is 0.899. The van der Waals surface area contributed by atoms with Crippen molar-refractivity contribution in [1.82, 2.24) is 0 Å². The number of halogens is 2. The molecule has 0 bridgehead atoms. The molecule has 0 saturated heterocycles. The molecule has 0 aliphatic heterocycles. The zero-order valence-electron chi connectivity index (χ0n) is 10.2. The van der Waals surface area contributed by atoms with Gasteiger partial charge in [-0.2, -0.15) is 0 Å². The highest BCUT2D eigenvalue weighted by molar-refractivity contribution is 5.83. The summed E-state index contributed by atoms with van der Waals surface area (Å²) in [6.07, 6.45) is 2.94. The smallest absolute Gasteiger partial charge is 0.140 e. The molecule has 0 radical (unpaired) electrons. The number of rotatable bonds is 3. The fourth-order valence-electron chi connectivity index (χ4n) is 2.46. The Hall–Kier alpha value is -1.29. The molecule has 0 unspecified atom stereocenters. The minimum Gasteiger partial charge on any atom is -0.328 e. The van der Waals surface area contributed by atoms with Gasteiger partial charge in [0, 0.05) is 23.9 Å². The van der Waals surface area contributed by atoms with Gasteiger partial charge in [0.2, 0.25) is 0 Å². The molecule has 0 amide bonds. The highest BCUT2D eigenvalue weighted by Gasteiger charge is 2.25. The van der Waals surface area contributed by atoms with Gasteiger partial charge in [-0.1, -0.05) is 6.07 Å². The molecular weight excluding hydrogens is 236 g/mol. The Kier molecular flexibility index (Phi) is 4.07. The second kappa shape index (κ2) is 5.57. The van der Waals surface area contributed by atoms with Crippen molar-refractivity contribution in [1.29, 1.82) is 0 Å². The van der Waals surface area contributed by atoms with Crippen LogP contribution in [0.2, 0.25) is 0 Å². The molecule has 0 heterocycles. The second-order valence-corrected chi connectivity index (χ2v) is 4.96. The number of hydrogen-bond donors (Lipinski definition) is 1. The number of carbonyl (C=O) groups is 1. The Labute approximate surface area is 105 Å². The van der Waals surface area contributed by atoms with Crippen LogP contribution in [0.3, 0.4) is 0 Å². The summed E-state index contributed by atoms with van der Waals surface area (Å²) in [6, 6.07) is 3.84. The first-order valence-electron chi connectivity index (χ1n) is 6.29. The van der Waals surface area contributed by atoms with E-state index in [1.165, 1.54) is 18.2 Å². The van der Waals surface area contributed by atoms with Gasteiger partial charge in [-0.15, -0.1) is 0 Å². The highest BCUT2D eigenvalue weighted by Crippen LogP contribution is 2.26. The molecule has 0 spiro atoms. The monoisotopic (exact) mass is 253 g/mol. The Morgan fingerprint density at radius 3 is 2.28 bits per heavy atom. The molecule has 1 aliphatic rings. The van der Waals surface area contributed by atoms with Gasteiger partial charge in [0.05, 0.1) is 0 Å². The van der Waals surface area contributed by atoms with Crippen LogP contribution in [0, 0.1) is 17.6 Å². The molecule has 98 valence electrons. The van der Waals surface area contributed by atoms with Crippen LogP contribution in [0.1, 0.15) is 31.2 Å². The lowest BCUT2D eigenvalue weighted by Crippen LogP contribution is -2.30. The van der Waals surface area contributed by atoms with Crippen molar-refractivity contribution >= 4 is 5.78 Å². The fraction of sp³-hybridized carbons (Fsp3) is 0.500. The average molecular weight is 253 g/mol. The van der Waals surface area contributed by atoms with E-state index in [4.69, 9.17) is 5.73 Å². The van der Waals surface area contributed by atoms with Crippen LogP contribution in [-0.4, -0.2) is 11.8 Å². The Morgan fingerprint density at radius 2 is 1.72 bits per heavy atom. The van der Waals surface area contributed by atoms with Gasteiger partial charge >= 0.3 is 0 Å². The summed E-state index contributed by atoms with van der Waals surface area (Å²) in [7, 11) is 0. The lowest BCUT2D eigenvalue weighted by molar-refractivity contribution is -0.123. The summed E-state index contributed by atoms with van der Waals surface area (Å²) in [5, 5.41) is 0. The van der Waals surface area contributed by atoms with Crippen LogP contribution in [0.15, 0.2) is 18.2 Å². The molecule has 2 N–H and O–H groups in total. The molecule has 1 aliphatic carbocycles. The van der Waals surface area contributed by atoms with Gasteiger partial charge in [0.1, 0.15) is 17.4 Å². The van der Waals surface area contributed by atoms with Crippen LogP contribution >= 0.6 is 0 Å². The number of carbonyl (C=O) groups excluding carboxylic acids is 1. The summed E-state index contributed by atoms with van der Waals surface area (Å²) < 4.78 is 26.9. The van der Waals surface area contributed by atoms with Crippen molar-refractivity contribution in [2.24, 2.45) is 11.7 Å². The van der Waals surface area contributed by atoms with Crippen molar-refractivity contribution in [2.75, 3.05) is 0 Å². The van der Waals surface area contributed by atoms with Gasteiger partial charge in [-0.3, -0.25) is 4.79 Å². The number of ketones is 1. The maximum Gasteiger partial charge on any atom is 0.140 e. The highest BCUT2D eigenvalue weighted by atomic mass is 19.1. The molecule has 0 atom stereocenters.